The molecule has 0 unspecified atom stereocenters. The molecule has 0 saturated carbocycles. The van der Waals surface area contributed by atoms with E-state index >= 15 is 0 Å². The van der Waals surface area contributed by atoms with Crippen molar-refractivity contribution >= 4 is 55.3 Å². The number of hydrazone groups is 1. The Bertz CT molecular complexity index is 640. The first-order valence-electron chi connectivity index (χ1n) is 5.13. The number of nitrogens with zero attached hydrogens (tertiary/aromatic N) is 1. The van der Waals surface area contributed by atoms with Crippen molar-refractivity contribution in [1.29, 1.82) is 0 Å². The highest BCUT2D eigenvalue weighted by Gasteiger charge is 2.10. The van der Waals surface area contributed by atoms with Crippen LogP contribution in [0.5, 0.6) is 5.75 Å². The average Bonchev–Trinajstić information content (AvgIpc) is 2.78. The highest BCUT2D eigenvalue weighted by atomic mass is 79.9. The van der Waals surface area contributed by atoms with Crippen LogP contribution in [0.25, 0.3) is 0 Å². The molecule has 2 N–H and O–H groups in total. The van der Waals surface area contributed by atoms with Crippen LogP contribution in [0.3, 0.4) is 0 Å². The number of amides is 1. The molecule has 1 aromatic carbocycles. The summed E-state index contributed by atoms with van der Waals surface area (Å²) in [5.74, 6) is -0.555. The van der Waals surface area contributed by atoms with Gasteiger partial charge in [-0.25, -0.2) is 5.43 Å². The number of thiophene rings is 1. The molecule has 0 saturated heterocycles. The van der Waals surface area contributed by atoms with E-state index in [0.29, 0.717) is 4.47 Å². The zero-order valence-corrected chi connectivity index (χ0v) is 13.4. The summed E-state index contributed by atoms with van der Waals surface area (Å²) in [5, 5.41) is 13.4. The van der Waals surface area contributed by atoms with E-state index in [-0.39, 0.29) is 11.3 Å². The fourth-order valence-electron chi connectivity index (χ4n) is 1.30. The van der Waals surface area contributed by atoms with E-state index in [1.54, 1.807) is 12.3 Å². The van der Waals surface area contributed by atoms with Crippen molar-refractivity contribution in [2.75, 3.05) is 0 Å². The first-order chi connectivity index (χ1) is 9.06. The van der Waals surface area contributed by atoms with Crippen molar-refractivity contribution in [3.05, 3.63) is 49.0 Å². The van der Waals surface area contributed by atoms with Crippen molar-refractivity contribution in [3.63, 3.8) is 0 Å². The molecular formula is C12H8Br2N2O2S. The van der Waals surface area contributed by atoms with E-state index in [2.05, 4.69) is 42.4 Å². The minimum atomic E-state index is -0.467. The quantitative estimate of drug-likeness (QED) is 0.605. The average molecular weight is 404 g/mol. The van der Waals surface area contributed by atoms with E-state index in [1.165, 1.54) is 23.5 Å². The monoisotopic (exact) mass is 402 g/mol. The summed E-state index contributed by atoms with van der Waals surface area (Å²) in [4.78, 5) is 12.7. The molecule has 4 nitrogen and oxygen atoms in total. The number of hydrogen-bond donors (Lipinski definition) is 2. The Hall–Kier alpha value is -1.18. The second kappa shape index (κ2) is 6.31. The highest BCUT2D eigenvalue weighted by Crippen LogP contribution is 2.22. The Labute approximate surface area is 130 Å². The van der Waals surface area contributed by atoms with Crippen molar-refractivity contribution < 1.29 is 9.90 Å². The fourth-order valence-corrected chi connectivity index (χ4v) is 2.96. The van der Waals surface area contributed by atoms with Gasteiger partial charge in [0.2, 0.25) is 0 Å². The van der Waals surface area contributed by atoms with Crippen molar-refractivity contribution in [1.82, 2.24) is 5.43 Å². The molecule has 0 fully saturated rings. The molecule has 0 spiro atoms. The second-order valence-corrected chi connectivity index (χ2v) is 6.91. The summed E-state index contributed by atoms with van der Waals surface area (Å²) in [6, 6.07) is 8.40. The lowest BCUT2D eigenvalue weighted by molar-refractivity contribution is 0.0952. The van der Waals surface area contributed by atoms with Gasteiger partial charge in [-0.15, -0.1) is 11.3 Å². The number of aromatic hydroxyl groups is 1. The van der Waals surface area contributed by atoms with Gasteiger partial charge in [0.1, 0.15) is 5.75 Å². The molecule has 7 heteroatoms. The summed E-state index contributed by atoms with van der Waals surface area (Å²) in [6.45, 7) is 0. The SMILES string of the molecule is O=C(N/N=C\c1ccc(Br)s1)c1cc(Br)ccc1O. The Balaban J connectivity index is 2.05. The smallest absolute Gasteiger partial charge is 0.275 e. The van der Waals surface area contributed by atoms with Gasteiger partial charge in [0.15, 0.2) is 0 Å². The number of nitrogens with one attached hydrogen (secondary N) is 1. The number of carbonyl (C=O) groups is 1. The molecule has 1 aromatic heterocycles. The summed E-state index contributed by atoms with van der Waals surface area (Å²) in [5.41, 5.74) is 2.53. The van der Waals surface area contributed by atoms with Gasteiger partial charge in [0.25, 0.3) is 5.91 Å². The molecule has 0 aliphatic rings. The van der Waals surface area contributed by atoms with Crippen LogP contribution in [0.4, 0.5) is 0 Å². The van der Waals surface area contributed by atoms with Gasteiger partial charge in [0.05, 0.1) is 15.6 Å². The molecule has 98 valence electrons. The number of halogens is 2. The molecule has 2 rings (SSSR count). The summed E-state index contributed by atoms with van der Waals surface area (Å²) in [6.07, 6.45) is 1.54. The lowest BCUT2D eigenvalue weighted by atomic mass is 10.2. The van der Waals surface area contributed by atoms with Gasteiger partial charge in [-0.3, -0.25) is 4.79 Å². The van der Waals surface area contributed by atoms with Crippen LogP contribution < -0.4 is 5.43 Å². The fraction of sp³-hybridized carbons (Fsp3) is 0. The molecule has 1 heterocycles. The van der Waals surface area contributed by atoms with E-state index in [0.717, 1.165) is 8.66 Å². The first-order valence-corrected chi connectivity index (χ1v) is 7.54. The minimum absolute atomic E-state index is 0.0882. The topological polar surface area (TPSA) is 61.7 Å². The van der Waals surface area contributed by atoms with Gasteiger partial charge in [-0.1, -0.05) is 15.9 Å². The molecule has 0 radical (unpaired) electrons. The molecule has 0 atom stereocenters. The molecule has 0 aliphatic heterocycles. The van der Waals surface area contributed by atoms with Crippen LogP contribution in [0.1, 0.15) is 15.2 Å². The van der Waals surface area contributed by atoms with Crippen LogP contribution in [0.2, 0.25) is 0 Å². The minimum Gasteiger partial charge on any atom is -0.507 e. The van der Waals surface area contributed by atoms with Gasteiger partial charge < -0.3 is 5.11 Å². The number of carbonyl (C=O) groups excluding carboxylic acids is 1. The Morgan fingerprint density at radius 3 is 2.79 bits per heavy atom. The maximum absolute atomic E-state index is 11.8. The summed E-state index contributed by atoms with van der Waals surface area (Å²) >= 11 is 8.08. The third kappa shape index (κ3) is 3.89. The van der Waals surface area contributed by atoms with E-state index in [1.807, 2.05) is 12.1 Å². The Kier molecular flexibility index (Phi) is 4.73. The lowest BCUT2D eigenvalue weighted by Gasteiger charge is -2.03. The van der Waals surface area contributed by atoms with Crippen molar-refractivity contribution in [2.45, 2.75) is 0 Å². The normalized spacial score (nSPS) is 10.8. The van der Waals surface area contributed by atoms with Crippen LogP contribution in [0.15, 0.2) is 43.7 Å². The molecule has 0 bridgehead atoms. The third-order valence-electron chi connectivity index (χ3n) is 2.16. The molecule has 1 amide bonds. The zero-order valence-electron chi connectivity index (χ0n) is 9.43. The maximum atomic E-state index is 11.8. The highest BCUT2D eigenvalue weighted by molar-refractivity contribution is 9.11. The van der Waals surface area contributed by atoms with Gasteiger partial charge >= 0.3 is 0 Å². The number of hydrogen-bond acceptors (Lipinski definition) is 4. The maximum Gasteiger partial charge on any atom is 0.275 e. The third-order valence-corrected chi connectivity index (χ3v) is 4.21. The molecule has 0 aliphatic carbocycles. The van der Waals surface area contributed by atoms with Gasteiger partial charge in [-0.05, 0) is 46.3 Å². The number of rotatable bonds is 3. The number of benzene rings is 1. The largest absolute Gasteiger partial charge is 0.507 e. The molecule has 19 heavy (non-hydrogen) atoms. The van der Waals surface area contributed by atoms with Gasteiger partial charge in [0, 0.05) is 9.35 Å². The Morgan fingerprint density at radius 2 is 2.11 bits per heavy atom. The summed E-state index contributed by atoms with van der Waals surface area (Å²) in [7, 11) is 0. The predicted octanol–water partition coefficient (Wildman–Crippen LogP) is 3.74. The first kappa shape index (κ1) is 14.2. The standard InChI is InChI=1S/C12H8Br2N2O2S/c13-7-1-3-10(17)9(5-7)12(18)16-15-6-8-2-4-11(14)19-8/h1-6,17H,(H,16,18)/b15-6-. The zero-order chi connectivity index (χ0) is 13.8. The second-order valence-electron chi connectivity index (χ2n) is 3.50. The van der Waals surface area contributed by atoms with Crippen LogP contribution in [-0.2, 0) is 0 Å². The van der Waals surface area contributed by atoms with Crippen LogP contribution in [-0.4, -0.2) is 17.2 Å². The molecular weight excluding hydrogens is 396 g/mol. The van der Waals surface area contributed by atoms with Crippen LogP contribution in [0, 0.1) is 0 Å². The van der Waals surface area contributed by atoms with Crippen LogP contribution >= 0.6 is 43.2 Å². The van der Waals surface area contributed by atoms with E-state index in [9.17, 15) is 9.90 Å². The van der Waals surface area contributed by atoms with E-state index in [4.69, 9.17) is 0 Å². The number of phenolic OH excluding ortho intramolecular Hbond substituents is 1. The van der Waals surface area contributed by atoms with E-state index < -0.39 is 5.91 Å². The Morgan fingerprint density at radius 1 is 1.32 bits per heavy atom. The van der Waals surface area contributed by atoms with Crippen molar-refractivity contribution in [2.24, 2.45) is 5.10 Å². The predicted molar refractivity (Wildman–Crippen MR) is 82.9 cm³/mol. The summed E-state index contributed by atoms with van der Waals surface area (Å²) < 4.78 is 1.70. The van der Waals surface area contributed by atoms with Crippen molar-refractivity contribution in [3.8, 4) is 5.75 Å². The van der Waals surface area contributed by atoms with Gasteiger partial charge in [-0.2, -0.15) is 5.10 Å². The molecule has 2 aromatic rings. The number of phenols is 1. The lowest BCUT2D eigenvalue weighted by Crippen LogP contribution is -2.17.